The molecule has 4 N–H and O–H groups in total. The largest absolute Gasteiger partial charge is 0.505 e. The van der Waals surface area contributed by atoms with Gasteiger partial charge in [-0.15, -0.1) is 5.11 Å². The van der Waals surface area contributed by atoms with E-state index >= 15 is 0 Å². The summed E-state index contributed by atoms with van der Waals surface area (Å²) in [5.41, 5.74) is 10.4. The summed E-state index contributed by atoms with van der Waals surface area (Å²) in [4.78, 5) is 12.7. The highest BCUT2D eigenvalue weighted by Crippen LogP contribution is 2.39. The molecule has 0 radical (unpaired) electrons. The minimum atomic E-state index is -0.556. The van der Waals surface area contributed by atoms with Crippen LogP contribution in [-0.2, 0) is 0 Å². The maximum absolute atomic E-state index is 12.7. The lowest BCUT2D eigenvalue weighted by molar-refractivity contribution is 0.0952. The number of phenolic OH excluding ortho intramolecular Hbond substituents is 1. The van der Waals surface area contributed by atoms with Crippen molar-refractivity contribution in [3.8, 4) is 5.75 Å². The second-order valence-electron chi connectivity index (χ2n) is 6.74. The first kappa shape index (κ1) is 19.8. The second kappa shape index (κ2) is 8.87. The normalized spacial score (nSPS) is 11.4. The van der Waals surface area contributed by atoms with Crippen molar-refractivity contribution in [2.75, 3.05) is 5.73 Å². The highest BCUT2D eigenvalue weighted by atomic mass is 16.3. The zero-order valence-electron chi connectivity index (χ0n) is 16.4. The molecular formula is C24H19N5O2. The highest BCUT2D eigenvalue weighted by molar-refractivity contribution is 6.06. The Balaban J connectivity index is 1.67. The number of azo groups is 1. The molecule has 0 atom stereocenters. The van der Waals surface area contributed by atoms with Crippen LogP contribution in [-0.4, -0.2) is 17.2 Å². The molecule has 0 aromatic heterocycles. The van der Waals surface area contributed by atoms with Crippen LogP contribution in [0.25, 0.3) is 10.8 Å². The molecule has 4 rings (SSSR count). The number of hydrogen-bond acceptors (Lipinski definition) is 6. The number of hydrogen-bond donors (Lipinski definition) is 3. The van der Waals surface area contributed by atoms with Crippen molar-refractivity contribution in [3.63, 3.8) is 0 Å². The number of phenols is 1. The Labute approximate surface area is 178 Å². The molecule has 4 aromatic rings. The van der Waals surface area contributed by atoms with Crippen molar-refractivity contribution in [1.82, 2.24) is 5.43 Å². The van der Waals surface area contributed by atoms with E-state index in [1.165, 1.54) is 6.21 Å². The number of benzene rings is 4. The predicted octanol–water partition coefficient (Wildman–Crippen LogP) is 5.31. The van der Waals surface area contributed by atoms with Gasteiger partial charge in [-0.1, -0.05) is 54.6 Å². The average molecular weight is 409 g/mol. The number of anilines is 1. The van der Waals surface area contributed by atoms with Crippen LogP contribution >= 0.6 is 0 Å². The van der Waals surface area contributed by atoms with Crippen molar-refractivity contribution in [2.24, 2.45) is 15.3 Å². The number of nitrogens with one attached hydrogen (secondary N) is 1. The van der Waals surface area contributed by atoms with Crippen LogP contribution in [0.4, 0.5) is 17.1 Å². The Bertz CT molecular complexity index is 1280. The molecule has 0 aliphatic carbocycles. The van der Waals surface area contributed by atoms with Gasteiger partial charge < -0.3 is 10.8 Å². The SMILES string of the molecule is Nc1ccc(N=Nc2c(O)c(C(=O)NN=Cc3ccccc3)cc3ccccc23)cc1. The van der Waals surface area contributed by atoms with Gasteiger partial charge in [-0.2, -0.15) is 10.2 Å². The van der Waals surface area contributed by atoms with Crippen molar-refractivity contribution in [2.45, 2.75) is 0 Å². The smallest absolute Gasteiger partial charge is 0.275 e. The number of hydrazone groups is 1. The van der Waals surface area contributed by atoms with Gasteiger partial charge >= 0.3 is 0 Å². The van der Waals surface area contributed by atoms with E-state index in [4.69, 9.17) is 5.73 Å². The minimum absolute atomic E-state index is 0.0511. The van der Waals surface area contributed by atoms with Gasteiger partial charge in [0.25, 0.3) is 5.91 Å². The monoisotopic (exact) mass is 409 g/mol. The third-order valence-corrected chi connectivity index (χ3v) is 4.58. The zero-order valence-corrected chi connectivity index (χ0v) is 16.4. The molecule has 0 bridgehead atoms. The molecule has 0 aliphatic heterocycles. The predicted molar refractivity (Wildman–Crippen MR) is 122 cm³/mol. The van der Waals surface area contributed by atoms with Gasteiger partial charge in [-0.05, 0) is 41.3 Å². The lowest BCUT2D eigenvalue weighted by Gasteiger charge is -2.09. The third kappa shape index (κ3) is 4.56. The van der Waals surface area contributed by atoms with Gasteiger partial charge in [0.1, 0.15) is 5.69 Å². The summed E-state index contributed by atoms with van der Waals surface area (Å²) in [6.07, 6.45) is 1.53. The first-order valence-corrected chi connectivity index (χ1v) is 9.52. The Morgan fingerprint density at radius 1 is 0.903 bits per heavy atom. The fourth-order valence-corrected chi connectivity index (χ4v) is 3.01. The number of fused-ring (bicyclic) bond motifs is 1. The molecule has 31 heavy (non-hydrogen) atoms. The van der Waals surface area contributed by atoms with E-state index in [1.54, 1.807) is 30.3 Å². The van der Waals surface area contributed by atoms with Crippen molar-refractivity contribution < 1.29 is 9.90 Å². The number of carbonyl (C=O) groups excluding carboxylic acids is 1. The quantitative estimate of drug-likeness (QED) is 0.180. The van der Waals surface area contributed by atoms with E-state index in [2.05, 4.69) is 20.8 Å². The number of nitrogens with zero attached hydrogens (tertiary/aromatic N) is 3. The van der Waals surface area contributed by atoms with Crippen molar-refractivity contribution >= 4 is 40.0 Å². The molecule has 0 saturated carbocycles. The van der Waals surface area contributed by atoms with E-state index in [9.17, 15) is 9.90 Å². The molecule has 4 aromatic carbocycles. The van der Waals surface area contributed by atoms with E-state index in [0.29, 0.717) is 16.8 Å². The molecule has 152 valence electrons. The standard InChI is InChI=1S/C24H19N5O2/c25-18-10-12-19(13-11-18)27-28-22-20-9-5-4-8-17(20)14-21(23(22)30)24(31)29-26-15-16-6-2-1-3-7-16/h1-15,30H,25H2,(H,29,31). The van der Waals surface area contributed by atoms with E-state index < -0.39 is 5.91 Å². The molecule has 0 saturated heterocycles. The summed E-state index contributed by atoms with van der Waals surface area (Å²) in [5, 5.41) is 24.6. The topological polar surface area (TPSA) is 112 Å². The van der Waals surface area contributed by atoms with E-state index in [-0.39, 0.29) is 17.0 Å². The Morgan fingerprint density at radius 3 is 2.39 bits per heavy atom. The molecule has 0 unspecified atom stereocenters. The summed E-state index contributed by atoms with van der Waals surface area (Å²) in [5.74, 6) is -0.829. The average Bonchev–Trinajstić information content (AvgIpc) is 2.80. The fraction of sp³-hybridized carbons (Fsp3) is 0. The molecule has 7 heteroatoms. The summed E-state index contributed by atoms with van der Waals surface area (Å²) in [6.45, 7) is 0. The number of aromatic hydroxyl groups is 1. The summed E-state index contributed by atoms with van der Waals surface area (Å²) >= 11 is 0. The maximum atomic E-state index is 12.7. The van der Waals surface area contributed by atoms with Crippen molar-refractivity contribution in [1.29, 1.82) is 0 Å². The fourth-order valence-electron chi connectivity index (χ4n) is 3.01. The third-order valence-electron chi connectivity index (χ3n) is 4.58. The van der Waals surface area contributed by atoms with Crippen LogP contribution in [0.5, 0.6) is 5.75 Å². The zero-order chi connectivity index (χ0) is 21.6. The van der Waals surface area contributed by atoms with Crippen LogP contribution < -0.4 is 11.2 Å². The number of carbonyl (C=O) groups is 1. The van der Waals surface area contributed by atoms with E-state index in [0.717, 1.165) is 10.9 Å². The summed E-state index contributed by atoms with van der Waals surface area (Å²) < 4.78 is 0. The van der Waals surface area contributed by atoms with Gasteiger partial charge in [0, 0.05) is 11.1 Å². The Morgan fingerprint density at radius 2 is 1.61 bits per heavy atom. The number of nitrogens with two attached hydrogens (primary N) is 1. The lowest BCUT2D eigenvalue weighted by atomic mass is 10.0. The van der Waals surface area contributed by atoms with Crippen LogP contribution in [0.15, 0.2) is 100 Å². The molecule has 0 spiro atoms. The first-order chi connectivity index (χ1) is 15.1. The maximum Gasteiger partial charge on any atom is 0.275 e. The van der Waals surface area contributed by atoms with Crippen LogP contribution in [0, 0.1) is 0 Å². The molecule has 0 aliphatic rings. The molecule has 0 fully saturated rings. The van der Waals surface area contributed by atoms with E-state index in [1.807, 2.05) is 54.6 Å². The number of amides is 1. The van der Waals surface area contributed by atoms with Gasteiger partial charge in [-0.25, -0.2) is 5.43 Å². The van der Waals surface area contributed by atoms with Crippen LogP contribution in [0.2, 0.25) is 0 Å². The minimum Gasteiger partial charge on any atom is -0.505 e. The lowest BCUT2D eigenvalue weighted by Crippen LogP contribution is -2.17. The van der Waals surface area contributed by atoms with Crippen LogP contribution in [0.1, 0.15) is 15.9 Å². The molecule has 1 amide bonds. The van der Waals surface area contributed by atoms with Gasteiger partial charge in [-0.3, -0.25) is 4.79 Å². The van der Waals surface area contributed by atoms with Crippen LogP contribution in [0.3, 0.4) is 0 Å². The summed E-state index contributed by atoms with van der Waals surface area (Å²) in [7, 11) is 0. The Hall–Kier alpha value is -4.52. The first-order valence-electron chi connectivity index (χ1n) is 9.52. The highest BCUT2D eigenvalue weighted by Gasteiger charge is 2.18. The number of nitrogen functional groups attached to an aromatic ring is 1. The summed E-state index contributed by atoms with van der Waals surface area (Å²) in [6, 6.07) is 25.1. The van der Waals surface area contributed by atoms with Gasteiger partial charge in [0.15, 0.2) is 5.75 Å². The molecular weight excluding hydrogens is 390 g/mol. The Kier molecular flexibility index (Phi) is 5.66. The van der Waals surface area contributed by atoms with Crippen molar-refractivity contribution in [3.05, 3.63) is 96.1 Å². The molecule has 7 nitrogen and oxygen atoms in total. The second-order valence-corrected chi connectivity index (χ2v) is 6.74. The van der Waals surface area contributed by atoms with Gasteiger partial charge in [0.2, 0.25) is 0 Å². The number of rotatable bonds is 5. The van der Waals surface area contributed by atoms with Gasteiger partial charge in [0.05, 0.1) is 17.5 Å². The molecule has 0 heterocycles.